The van der Waals surface area contributed by atoms with Crippen molar-refractivity contribution in [2.75, 3.05) is 5.32 Å². The van der Waals surface area contributed by atoms with Crippen LogP contribution in [0.1, 0.15) is 16.7 Å². The van der Waals surface area contributed by atoms with E-state index in [0.29, 0.717) is 0 Å². The van der Waals surface area contributed by atoms with Gasteiger partial charge in [-0.25, -0.2) is 0 Å². The van der Waals surface area contributed by atoms with Crippen molar-refractivity contribution < 1.29 is 4.79 Å². The summed E-state index contributed by atoms with van der Waals surface area (Å²) in [6, 6.07) is 15.1. The first-order valence-corrected chi connectivity index (χ1v) is 7.92. The lowest BCUT2D eigenvalue weighted by Crippen LogP contribution is -2.28. The number of nitrogens with one attached hydrogen (secondary N) is 1. The minimum absolute atomic E-state index is 0.00700. The minimum Gasteiger partial charge on any atom is -0.324 e. The number of amides is 1. The highest BCUT2D eigenvalue weighted by molar-refractivity contribution is 5.92. The fraction of sp³-hybridized carbons (Fsp3) is 0.200. The van der Waals surface area contributed by atoms with Crippen LogP contribution in [0.2, 0.25) is 0 Å². The van der Waals surface area contributed by atoms with E-state index in [1.807, 2.05) is 63.2 Å². The van der Waals surface area contributed by atoms with Crippen LogP contribution in [0.25, 0.3) is 10.9 Å². The van der Waals surface area contributed by atoms with Crippen molar-refractivity contribution in [3.63, 3.8) is 0 Å². The first-order chi connectivity index (χ1) is 11.5. The average Bonchev–Trinajstić information content (AvgIpc) is 2.54. The zero-order valence-electron chi connectivity index (χ0n) is 14.1. The molecule has 0 radical (unpaired) electrons. The van der Waals surface area contributed by atoms with E-state index in [1.54, 1.807) is 6.07 Å². The van der Waals surface area contributed by atoms with E-state index in [0.717, 1.165) is 33.3 Å². The molecule has 0 fully saturated rings. The van der Waals surface area contributed by atoms with Crippen molar-refractivity contribution in [3.8, 4) is 0 Å². The number of carbonyl (C=O) groups excluding carboxylic acids is 1. The van der Waals surface area contributed by atoms with Gasteiger partial charge in [0.25, 0.3) is 5.56 Å². The van der Waals surface area contributed by atoms with E-state index in [4.69, 9.17) is 0 Å². The molecule has 3 aromatic rings. The zero-order chi connectivity index (χ0) is 17.3. The van der Waals surface area contributed by atoms with Crippen molar-refractivity contribution in [2.45, 2.75) is 27.3 Å². The van der Waals surface area contributed by atoms with E-state index in [-0.39, 0.29) is 18.0 Å². The van der Waals surface area contributed by atoms with Crippen LogP contribution in [0.15, 0.2) is 53.3 Å². The summed E-state index contributed by atoms with van der Waals surface area (Å²) in [6.45, 7) is 5.86. The second kappa shape index (κ2) is 6.32. The summed E-state index contributed by atoms with van der Waals surface area (Å²) >= 11 is 0. The monoisotopic (exact) mass is 320 g/mol. The van der Waals surface area contributed by atoms with Gasteiger partial charge in [0.15, 0.2) is 0 Å². The molecule has 3 rings (SSSR count). The summed E-state index contributed by atoms with van der Waals surface area (Å²) in [5, 5.41) is 3.88. The van der Waals surface area contributed by atoms with Gasteiger partial charge in [0, 0.05) is 17.1 Å². The highest BCUT2D eigenvalue weighted by atomic mass is 16.2. The van der Waals surface area contributed by atoms with Crippen LogP contribution >= 0.6 is 0 Å². The largest absolute Gasteiger partial charge is 0.324 e. The fourth-order valence-electron chi connectivity index (χ4n) is 2.95. The van der Waals surface area contributed by atoms with Gasteiger partial charge >= 0.3 is 0 Å². The van der Waals surface area contributed by atoms with Crippen LogP contribution in [0.5, 0.6) is 0 Å². The molecule has 0 saturated carbocycles. The number of hydrogen-bond donors (Lipinski definition) is 1. The quantitative estimate of drug-likeness (QED) is 0.802. The van der Waals surface area contributed by atoms with E-state index >= 15 is 0 Å². The molecule has 4 heteroatoms. The van der Waals surface area contributed by atoms with Gasteiger partial charge in [-0.3, -0.25) is 14.2 Å². The van der Waals surface area contributed by atoms with Crippen LogP contribution in [0, 0.1) is 20.8 Å². The maximum atomic E-state index is 12.4. The number of nitrogens with zero attached hydrogens (tertiary/aromatic N) is 1. The summed E-state index contributed by atoms with van der Waals surface area (Å²) < 4.78 is 1.52. The number of hydrogen-bond acceptors (Lipinski definition) is 2. The summed E-state index contributed by atoms with van der Waals surface area (Å²) in [7, 11) is 0. The molecular weight excluding hydrogens is 300 g/mol. The highest BCUT2D eigenvalue weighted by Gasteiger charge is 2.11. The number of pyridine rings is 1. The van der Waals surface area contributed by atoms with E-state index < -0.39 is 0 Å². The number of aryl methyl sites for hydroxylation is 3. The third kappa shape index (κ3) is 3.08. The topological polar surface area (TPSA) is 51.1 Å². The molecule has 122 valence electrons. The second-order valence-corrected chi connectivity index (χ2v) is 6.14. The molecule has 0 spiro atoms. The number of para-hydroxylation sites is 1. The Morgan fingerprint density at radius 2 is 1.75 bits per heavy atom. The van der Waals surface area contributed by atoms with Gasteiger partial charge < -0.3 is 5.32 Å². The maximum Gasteiger partial charge on any atom is 0.251 e. The normalized spacial score (nSPS) is 10.8. The number of rotatable bonds is 3. The van der Waals surface area contributed by atoms with Gasteiger partial charge in [-0.05, 0) is 44.0 Å². The van der Waals surface area contributed by atoms with Crippen molar-refractivity contribution in [2.24, 2.45) is 0 Å². The Bertz CT molecular complexity index is 987. The van der Waals surface area contributed by atoms with Crippen LogP contribution < -0.4 is 10.9 Å². The number of fused-ring (bicyclic) bond motifs is 1. The molecule has 0 aliphatic rings. The van der Waals surface area contributed by atoms with Crippen molar-refractivity contribution in [1.82, 2.24) is 4.57 Å². The van der Waals surface area contributed by atoms with Crippen molar-refractivity contribution in [3.05, 3.63) is 75.6 Å². The van der Waals surface area contributed by atoms with Gasteiger partial charge in [-0.1, -0.05) is 35.9 Å². The molecular formula is C20H20N2O2. The molecule has 0 atom stereocenters. The number of aromatic nitrogens is 1. The van der Waals surface area contributed by atoms with Crippen LogP contribution in [-0.4, -0.2) is 10.5 Å². The molecule has 0 aliphatic carbocycles. The lowest BCUT2D eigenvalue weighted by Gasteiger charge is -2.13. The lowest BCUT2D eigenvalue weighted by molar-refractivity contribution is -0.116. The Balaban J connectivity index is 1.92. The molecule has 1 aromatic heterocycles. The third-order valence-corrected chi connectivity index (χ3v) is 4.18. The Hall–Kier alpha value is -2.88. The second-order valence-electron chi connectivity index (χ2n) is 6.14. The van der Waals surface area contributed by atoms with Gasteiger partial charge in [-0.15, -0.1) is 0 Å². The van der Waals surface area contributed by atoms with Gasteiger partial charge in [-0.2, -0.15) is 0 Å². The van der Waals surface area contributed by atoms with Gasteiger partial charge in [0.2, 0.25) is 5.91 Å². The third-order valence-electron chi connectivity index (χ3n) is 4.18. The predicted octanol–water partition coefficient (Wildman–Crippen LogP) is 3.57. The van der Waals surface area contributed by atoms with Crippen LogP contribution in [0.4, 0.5) is 5.69 Å². The molecule has 24 heavy (non-hydrogen) atoms. The molecule has 2 aromatic carbocycles. The Morgan fingerprint density at radius 1 is 1.00 bits per heavy atom. The summed E-state index contributed by atoms with van der Waals surface area (Å²) in [6.07, 6.45) is 0. The summed E-state index contributed by atoms with van der Waals surface area (Å²) in [5.41, 5.74) is 4.45. The molecule has 0 bridgehead atoms. The Morgan fingerprint density at radius 3 is 2.50 bits per heavy atom. The first kappa shape index (κ1) is 16.0. The number of anilines is 1. The van der Waals surface area contributed by atoms with Crippen molar-refractivity contribution in [1.29, 1.82) is 0 Å². The Labute approximate surface area is 140 Å². The van der Waals surface area contributed by atoms with E-state index in [2.05, 4.69) is 5.32 Å². The van der Waals surface area contributed by atoms with E-state index in [1.165, 1.54) is 4.57 Å². The molecule has 1 heterocycles. The van der Waals surface area contributed by atoms with Gasteiger partial charge in [0.05, 0.1) is 5.52 Å². The SMILES string of the molecule is Cc1ccc(NC(=O)Cn2c(=O)cc(C)c3ccccc32)c(C)c1. The molecule has 1 N–H and O–H groups in total. The molecule has 0 saturated heterocycles. The van der Waals surface area contributed by atoms with Crippen LogP contribution in [-0.2, 0) is 11.3 Å². The zero-order valence-corrected chi connectivity index (χ0v) is 14.1. The molecule has 0 aliphatic heterocycles. The average molecular weight is 320 g/mol. The maximum absolute atomic E-state index is 12.4. The number of benzene rings is 2. The molecule has 1 amide bonds. The van der Waals surface area contributed by atoms with Crippen LogP contribution in [0.3, 0.4) is 0 Å². The lowest BCUT2D eigenvalue weighted by atomic mass is 10.1. The highest BCUT2D eigenvalue weighted by Crippen LogP contribution is 2.18. The summed E-state index contributed by atoms with van der Waals surface area (Å²) in [4.78, 5) is 24.8. The summed E-state index contributed by atoms with van der Waals surface area (Å²) in [5.74, 6) is -0.210. The number of carbonyl (C=O) groups is 1. The molecule has 4 nitrogen and oxygen atoms in total. The van der Waals surface area contributed by atoms with E-state index in [9.17, 15) is 9.59 Å². The fourth-order valence-corrected chi connectivity index (χ4v) is 2.95. The molecule has 0 unspecified atom stereocenters. The van der Waals surface area contributed by atoms with Gasteiger partial charge in [0.1, 0.15) is 6.54 Å². The first-order valence-electron chi connectivity index (χ1n) is 7.92. The predicted molar refractivity (Wildman–Crippen MR) is 97.5 cm³/mol. The Kier molecular flexibility index (Phi) is 4.21. The standard InChI is InChI=1S/C20H20N2O2/c1-13-8-9-17(15(3)10-13)21-19(23)12-22-18-7-5-4-6-16(18)14(2)11-20(22)24/h4-11H,12H2,1-3H3,(H,21,23). The van der Waals surface area contributed by atoms with Crippen molar-refractivity contribution >= 4 is 22.5 Å². The minimum atomic E-state index is -0.210. The smallest absolute Gasteiger partial charge is 0.251 e.